The van der Waals surface area contributed by atoms with Gasteiger partial charge in [-0.05, 0) is 48.4 Å². The van der Waals surface area contributed by atoms with Gasteiger partial charge in [-0.15, -0.1) is 11.3 Å². The van der Waals surface area contributed by atoms with Gasteiger partial charge in [0.1, 0.15) is 22.7 Å². The predicted octanol–water partition coefficient (Wildman–Crippen LogP) is 4.44. The number of aryl methyl sites for hydroxylation is 1. The number of hydrogen-bond acceptors (Lipinski definition) is 5. The number of ether oxygens (including phenoxy) is 1. The SMILES string of the molecule is COc1ccc(CNc2ncnc3sc4c(c23)CCC(C)C4)cc1. The summed E-state index contributed by atoms with van der Waals surface area (Å²) in [6, 6.07) is 8.13. The molecule has 0 saturated heterocycles. The van der Waals surface area contributed by atoms with Gasteiger partial charge in [0.25, 0.3) is 0 Å². The molecule has 4 nitrogen and oxygen atoms in total. The molecule has 1 atom stereocenters. The van der Waals surface area contributed by atoms with E-state index in [4.69, 9.17) is 4.74 Å². The van der Waals surface area contributed by atoms with Crippen LogP contribution in [0.3, 0.4) is 0 Å². The number of anilines is 1. The third kappa shape index (κ3) is 2.84. The van der Waals surface area contributed by atoms with E-state index in [1.54, 1.807) is 13.4 Å². The molecule has 0 spiro atoms. The van der Waals surface area contributed by atoms with Gasteiger partial charge in [0.05, 0.1) is 12.5 Å². The van der Waals surface area contributed by atoms with Crippen molar-refractivity contribution in [3.05, 3.63) is 46.6 Å². The van der Waals surface area contributed by atoms with Crippen molar-refractivity contribution in [1.29, 1.82) is 0 Å². The quantitative estimate of drug-likeness (QED) is 0.763. The number of rotatable bonds is 4. The van der Waals surface area contributed by atoms with Gasteiger partial charge in [0.15, 0.2) is 0 Å². The van der Waals surface area contributed by atoms with Crippen LogP contribution in [0, 0.1) is 5.92 Å². The van der Waals surface area contributed by atoms with E-state index in [1.807, 2.05) is 23.5 Å². The van der Waals surface area contributed by atoms with Crippen LogP contribution in [0.2, 0.25) is 0 Å². The minimum atomic E-state index is 0.747. The second kappa shape index (κ2) is 6.40. The van der Waals surface area contributed by atoms with Crippen LogP contribution in [0.5, 0.6) is 5.75 Å². The predicted molar refractivity (Wildman–Crippen MR) is 98.9 cm³/mol. The van der Waals surface area contributed by atoms with E-state index in [-0.39, 0.29) is 0 Å². The van der Waals surface area contributed by atoms with E-state index in [0.717, 1.165) is 35.3 Å². The van der Waals surface area contributed by atoms with Crippen molar-refractivity contribution in [3.63, 3.8) is 0 Å². The lowest BCUT2D eigenvalue weighted by Gasteiger charge is -2.18. The van der Waals surface area contributed by atoms with Crippen LogP contribution >= 0.6 is 11.3 Å². The standard InChI is InChI=1S/C19H21N3OS/c1-12-3-8-15-16(9-12)24-19-17(15)18(21-11-22-19)20-10-13-4-6-14(23-2)7-5-13/h4-7,11-12H,3,8-10H2,1-2H3,(H,20,21,22). The molecule has 0 saturated carbocycles. The van der Waals surface area contributed by atoms with Crippen molar-refractivity contribution in [2.75, 3.05) is 12.4 Å². The molecule has 1 aliphatic rings. The van der Waals surface area contributed by atoms with Gasteiger partial charge in [0.2, 0.25) is 0 Å². The fourth-order valence-electron chi connectivity index (χ4n) is 3.34. The third-order valence-corrected chi connectivity index (χ3v) is 5.87. The minimum absolute atomic E-state index is 0.747. The molecule has 2 aromatic heterocycles. The van der Waals surface area contributed by atoms with E-state index in [0.29, 0.717) is 0 Å². The molecule has 5 heteroatoms. The van der Waals surface area contributed by atoms with Gasteiger partial charge < -0.3 is 10.1 Å². The molecule has 4 rings (SSSR count). The van der Waals surface area contributed by atoms with E-state index in [1.165, 1.54) is 34.2 Å². The first-order valence-corrected chi connectivity index (χ1v) is 9.18. The fourth-order valence-corrected chi connectivity index (χ4v) is 4.69. The Labute approximate surface area is 145 Å². The number of hydrogen-bond donors (Lipinski definition) is 1. The van der Waals surface area contributed by atoms with Crippen LogP contribution < -0.4 is 10.1 Å². The van der Waals surface area contributed by atoms with Gasteiger partial charge in [-0.2, -0.15) is 0 Å². The number of aromatic nitrogens is 2. The Hall–Kier alpha value is -2.14. The number of benzene rings is 1. The zero-order valence-corrected chi connectivity index (χ0v) is 14.8. The van der Waals surface area contributed by atoms with Crippen LogP contribution in [-0.2, 0) is 19.4 Å². The summed E-state index contributed by atoms with van der Waals surface area (Å²) < 4.78 is 5.21. The molecule has 0 aliphatic heterocycles. The maximum absolute atomic E-state index is 5.21. The molecule has 0 bridgehead atoms. The van der Waals surface area contributed by atoms with Gasteiger partial charge in [-0.1, -0.05) is 19.1 Å². The highest BCUT2D eigenvalue weighted by Gasteiger charge is 2.22. The Kier molecular flexibility index (Phi) is 4.10. The summed E-state index contributed by atoms with van der Waals surface area (Å²) in [6.45, 7) is 3.08. The molecule has 1 unspecified atom stereocenters. The number of nitrogens with zero attached hydrogens (tertiary/aromatic N) is 2. The lowest BCUT2D eigenvalue weighted by atomic mass is 9.89. The molecule has 24 heavy (non-hydrogen) atoms. The first-order valence-electron chi connectivity index (χ1n) is 8.36. The first-order chi connectivity index (χ1) is 11.7. The van der Waals surface area contributed by atoms with E-state index >= 15 is 0 Å². The van der Waals surface area contributed by atoms with Crippen molar-refractivity contribution in [2.45, 2.75) is 32.7 Å². The Morgan fingerprint density at radius 3 is 2.88 bits per heavy atom. The molecular weight excluding hydrogens is 318 g/mol. The maximum atomic E-state index is 5.21. The number of fused-ring (bicyclic) bond motifs is 3. The average molecular weight is 339 g/mol. The van der Waals surface area contributed by atoms with Crippen LogP contribution in [0.15, 0.2) is 30.6 Å². The second-order valence-electron chi connectivity index (χ2n) is 6.46. The largest absolute Gasteiger partial charge is 0.497 e. The molecule has 2 heterocycles. The maximum Gasteiger partial charge on any atom is 0.138 e. The number of thiophene rings is 1. The average Bonchev–Trinajstić information content (AvgIpc) is 2.98. The summed E-state index contributed by atoms with van der Waals surface area (Å²) in [4.78, 5) is 11.6. The Balaban J connectivity index is 1.61. The zero-order chi connectivity index (χ0) is 16.5. The fraction of sp³-hybridized carbons (Fsp3) is 0.368. The number of methoxy groups -OCH3 is 1. The van der Waals surface area contributed by atoms with Crippen molar-refractivity contribution in [3.8, 4) is 5.75 Å². The van der Waals surface area contributed by atoms with Gasteiger partial charge in [0, 0.05) is 11.4 Å². The van der Waals surface area contributed by atoms with Gasteiger partial charge in [-0.25, -0.2) is 9.97 Å². The molecule has 0 fully saturated rings. The third-order valence-electron chi connectivity index (χ3n) is 4.71. The molecule has 0 radical (unpaired) electrons. The summed E-state index contributed by atoms with van der Waals surface area (Å²) in [5, 5.41) is 4.74. The molecule has 1 aromatic carbocycles. The van der Waals surface area contributed by atoms with Crippen LogP contribution in [0.4, 0.5) is 5.82 Å². The minimum Gasteiger partial charge on any atom is -0.497 e. The summed E-state index contributed by atoms with van der Waals surface area (Å²) in [5.74, 6) is 2.61. The highest BCUT2D eigenvalue weighted by molar-refractivity contribution is 7.19. The van der Waals surface area contributed by atoms with E-state index in [9.17, 15) is 0 Å². The lowest BCUT2D eigenvalue weighted by molar-refractivity contribution is 0.414. The van der Waals surface area contributed by atoms with E-state index < -0.39 is 0 Å². The molecule has 124 valence electrons. The van der Waals surface area contributed by atoms with Crippen LogP contribution in [0.25, 0.3) is 10.2 Å². The monoisotopic (exact) mass is 339 g/mol. The van der Waals surface area contributed by atoms with Crippen molar-refractivity contribution < 1.29 is 4.74 Å². The summed E-state index contributed by atoms with van der Waals surface area (Å²) in [7, 11) is 1.69. The normalized spacial score (nSPS) is 16.8. The Bertz CT molecular complexity index is 857. The van der Waals surface area contributed by atoms with Gasteiger partial charge in [-0.3, -0.25) is 0 Å². The molecule has 3 aromatic rings. The van der Waals surface area contributed by atoms with Crippen molar-refractivity contribution in [1.82, 2.24) is 9.97 Å². The molecule has 1 aliphatic carbocycles. The first kappa shape index (κ1) is 15.4. The smallest absolute Gasteiger partial charge is 0.138 e. The van der Waals surface area contributed by atoms with E-state index in [2.05, 4.69) is 34.3 Å². The molecular formula is C19H21N3OS. The van der Waals surface area contributed by atoms with Crippen molar-refractivity contribution >= 4 is 27.4 Å². The number of nitrogens with one attached hydrogen (secondary N) is 1. The topological polar surface area (TPSA) is 47.0 Å². The lowest BCUT2D eigenvalue weighted by Crippen LogP contribution is -2.09. The van der Waals surface area contributed by atoms with Crippen LogP contribution in [0.1, 0.15) is 29.3 Å². The Morgan fingerprint density at radius 2 is 2.08 bits per heavy atom. The molecule has 0 amide bonds. The Morgan fingerprint density at radius 1 is 1.25 bits per heavy atom. The summed E-state index contributed by atoms with van der Waals surface area (Å²) >= 11 is 1.84. The molecule has 1 N–H and O–H groups in total. The summed E-state index contributed by atoms with van der Waals surface area (Å²) in [5.41, 5.74) is 2.67. The highest BCUT2D eigenvalue weighted by Crippen LogP contribution is 2.39. The van der Waals surface area contributed by atoms with Gasteiger partial charge >= 0.3 is 0 Å². The van der Waals surface area contributed by atoms with Crippen LogP contribution in [-0.4, -0.2) is 17.1 Å². The highest BCUT2D eigenvalue weighted by atomic mass is 32.1. The zero-order valence-electron chi connectivity index (χ0n) is 14.0. The summed E-state index contributed by atoms with van der Waals surface area (Å²) in [6.07, 6.45) is 5.24. The van der Waals surface area contributed by atoms with Crippen molar-refractivity contribution in [2.24, 2.45) is 5.92 Å². The second-order valence-corrected chi connectivity index (χ2v) is 7.54.